The van der Waals surface area contributed by atoms with Crippen molar-refractivity contribution in [2.24, 2.45) is 7.05 Å². The van der Waals surface area contributed by atoms with E-state index in [9.17, 15) is 18.0 Å². The first-order valence-electron chi connectivity index (χ1n) is 8.01. The molecule has 1 heterocycles. The van der Waals surface area contributed by atoms with E-state index < -0.39 is 16.1 Å². The minimum atomic E-state index is -3.86. The molecule has 0 aliphatic rings. The molecule has 2 amide bonds. The van der Waals surface area contributed by atoms with Gasteiger partial charge in [-0.2, -0.15) is 12.7 Å². The predicted octanol–water partition coefficient (Wildman–Crippen LogP) is 1.92. The minimum Gasteiger partial charge on any atom is -0.351 e. The van der Waals surface area contributed by atoms with Gasteiger partial charge in [0.2, 0.25) is 5.91 Å². The van der Waals surface area contributed by atoms with E-state index in [1.165, 1.54) is 7.05 Å². The molecule has 27 heavy (non-hydrogen) atoms. The molecular weight excluding hydrogens is 415 g/mol. The van der Waals surface area contributed by atoms with Crippen LogP contribution in [0.2, 0.25) is 10.0 Å². The Bertz CT molecular complexity index is 988. The van der Waals surface area contributed by atoms with E-state index in [0.717, 1.165) is 16.7 Å². The third kappa shape index (κ3) is 4.92. The Morgan fingerprint density at radius 3 is 2.56 bits per heavy atom. The van der Waals surface area contributed by atoms with Crippen LogP contribution in [-0.2, 0) is 22.1 Å². The van der Waals surface area contributed by atoms with E-state index in [0.29, 0.717) is 27.5 Å². The highest BCUT2D eigenvalue weighted by Crippen LogP contribution is 2.32. The molecule has 0 saturated heterocycles. The number of aromatic nitrogens is 1. The van der Waals surface area contributed by atoms with E-state index >= 15 is 0 Å². The molecule has 1 aromatic carbocycles. The summed E-state index contributed by atoms with van der Waals surface area (Å²) in [6.07, 6.45) is 0.373. The number of carbonyl (C=O) groups excluding carboxylic acids is 2. The summed E-state index contributed by atoms with van der Waals surface area (Å²) < 4.78 is 28.1. The van der Waals surface area contributed by atoms with Crippen LogP contribution >= 0.6 is 23.2 Å². The molecule has 0 aliphatic heterocycles. The zero-order chi connectivity index (χ0) is 20.4. The van der Waals surface area contributed by atoms with E-state index in [2.05, 4.69) is 5.32 Å². The molecule has 2 rings (SSSR count). The molecule has 0 atom stereocenters. The molecule has 1 aromatic heterocycles. The van der Waals surface area contributed by atoms with Crippen molar-refractivity contribution in [1.82, 2.24) is 18.9 Å². The van der Waals surface area contributed by atoms with Gasteiger partial charge in [0.05, 0.1) is 10.0 Å². The van der Waals surface area contributed by atoms with Crippen LogP contribution in [0.15, 0.2) is 18.2 Å². The van der Waals surface area contributed by atoms with Gasteiger partial charge in [-0.05, 0) is 24.6 Å². The summed E-state index contributed by atoms with van der Waals surface area (Å²) in [6.45, 7) is 1.52. The Morgan fingerprint density at radius 2 is 1.93 bits per heavy atom. The minimum absolute atomic E-state index is 0.138. The standard InChI is InChI=1S/C16H20Cl2N4O4S/c1-10(23)20-27(25,26)21(2)8-4-7-19-16(24)14-9-11-13(22(14)3)6-5-12(17)15(11)18/h5-6,9H,4,7-8H2,1-3H3,(H,19,24)(H,20,23). The lowest BCUT2D eigenvalue weighted by atomic mass is 10.2. The Hall–Kier alpha value is -1.81. The van der Waals surface area contributed by atoms with Crippen LogP contribution < -0.4 is 10.0 Å². The fourth-order valence-electron chi connectivity index (χ4n) is 2.54. The zero-order valence-electron chi connectivity index (χ0n) is 15.0. The van der Waals surface area contributed by atoms with Gasteiger partial charge in [-0.1, -0.05) is 23.2 Å². The van der Waals surface area contributed by atoms with Crippen LogP contribution in [0, 0.1) is 0 Å². The molecule has 2 aromatic rings. The van der Waals surface area contributed by atoms with Crippen LogP contribution in [0.5, 0.6) is 0 Å². The topological polar surface area (TPSA) is 101 Å². The summed E-state index contributed by atoms with van der Waals surface area (Å²) in [5, 5.41) is 4.21. The number of aryl methyl sites for hydroxylation is 1. The van der Waals surface area contributed by atoms with Gasteiger partial charge >= 0.3 is 10.2 Å². The van der Waals surface area contributed by atoms with E-state index in [-0.39, 0.29) is 19.0 Å². The van der Waals surface area contributed by atoms with Crippen LogP contribution in [0.25, 0.3) is 10.9 Å². The molecule has 0 radical (unpaired) electrons. The van der Waals surface area contributed by atoms with Gasteiger partial charge in [-0.3, -0.25) is 9.59 Å². The number of carbonyl (C=O) groups is 2. The van der Waals surface area contributed by atoms with Crippen molar-refractivity contribution in [2.75, 3.05) is 20.1 Å². The summed E-state index contributed by atoms with van der Waals surface area (Å²) in [5.74, 6) is -0.974. The van der Waals surface area contributed by atoms with Crippen LogP contribution in [0.4, 0.5) is 0 Å². The fraction of sp³-hybridized carbons (Fsp3) is 0.375. The van der Waals surface area contributed by atoms with Crippen molar-refractivity contribution < 1.29 is 18.0 Å². The smallest absolute Gasteiger partial charge is 0.303 e. The highest BCUT2D eigenvalue weighted by Gasteiger charge is 2.19. The summed E-state index contributed by atoms with van der Waals surface area (Å²) in [5.41, 5.74) is 1.18. The Kier molecular flexibility index (Phi) is 6.74. The number of benzene rings is 1. The number of nitrogens with one attached hydrogen (secondary N) is 2. The second kappa shape index (κ2) is 8.47. The van der Waals surface area contributed by atoms with Crippen molar-refractivity contribution in [2.45, 2.75) is 13.3 Å². The second-order valence-electron chi connectivity index (χ2n) is 5.98. The second-order valence-corrected chi connectivity index (χ2v) is 8.54. The van der Waals surface area contributed by atoms with Gasteiger partial charge in [-0.25, -0.2) is 4.72 Å². The lowest BCUT2D eigenvalue weighted by Crippen LogP contribution is -2.41. The van der Waals surface area contributed by atoms with Gasteiger partial charge in [0.1, 0.15) is 5.69 Å². The van der Waals surface area contributed by atoms with Crippen LogP contribution in [-0.4, -0.2) is 49.2 Å². The molecule has 0 fully saturated rings. The van der Waals surface area contributed by atoms with Gasteiger partial charge in [0.25, 0.3) is 5.91 Å². The molecule has 8 nitrogen and oxygen atoms in total. The van der Waals surface area contributed by atoms with Crippen molar-refractivity contribution in [3.63, 3.8) is 0 Å². The number of amides is 2. The highest BCUT2D eigenvalue weighted by molar-refractivity contribution is 7.87. The third-order valence-electron chi connectivity index (χ3n) is 3.96. The first-order chi connectivity index (χ1) is 12.5. The zero-order valence-corrected chi connectivity index (χ0v) is 17.4. The van der Waals surface area contributed by atoms with Gasteiger partial charge in [-0.15, -0.1) is 0 Å². The molecule has 0 spiro atoms. The van der Waals surface area contributed by atoms with Crippen molar-refractivity contribution >= 4 is 56.1 Å². The molecular formula is C16H20Cl2N4O4S. The lowest BCUT2D eigenvalue weighted by molar-refractivity contribution is -0.117. The largest absolute Gasteiger partial charge is 0.351 e. The maximum atomic E-state index is 12.4. The van der Waals surface area contributed by atoms with Crippen molar-refractivity contribution in [1.29, 1.82) is 0 Å². The number of nitrogens with zero attached hydrogens (tertiary/aromatic N) is 2. The molecule has 0 unspecified atom stereocenters. The molecule has 2 N–H and O–H groups in total. The predicted molar refractivity (Wildman–Crippen MR) is 105 cm³/mol. The number of rotatable bonds is 7. The number of hydrogen-bond acceptors (Lipinski definition) is 4. The first-order valence-corrected chi connectivity index (χ1v) is 10.2. The normalized spacial score (nSPS) is 11.8. The van der Waals surface area contributed by atoms with Gasteiger partial charge in [0.15, 0.2) is 0 Å². The number of fused-ring (bicyclic) bond motifs is 1. The maximum absolute atomic E-state index is 12.4. The fourth-order valence-corrected chi connectivity index (χ4v) is 3.81. The van der Waals surface area contributed by atoms with Gasteiger partial charge < -0.3 is 9.88 Å². The molecule has 0 bridgehead atoms. The Morgan fingerprint density at radius 1 is 1.26 bits per heavy atom. The monoisotopic (exact) mass is 434 g/mol. The molecule has 0 aliphatic carbocycles. The lowest BCUT2D eigenvalue weighted by Gasteiger charge is -2.16. The van der Waals surface area contributed by atoms with Crippen LogP contribution in [0.3, 0.4) is 0 Å². The average Bonchev–Trinajstić information content (AvgIpc) is 2.91. The molecule has 148 valence electrons. The molecule has 0 saturated carbocycles. The van der Waals surface area contributed by atoms with Crippen molar-refractivity contribution in [3.8, 4) is 0 Å². The average molecular weight is 435 g/mol. The highest BCUT2D eigenvalue weighted by atomic mass is 35.5. The summed E-state index contributed by atoms with van der Waals surface area (Å²) in [6, 6.07) is 5.10. The Balaban J connectivity index is 1.97. The number of hydrogen-bond donors (Lipinski definition) is 2. The maximum Gasteiger partial charge on any atom is 0.303 e. The Labute approximate surface area is 167 Å². The number of halogens is 2. The quantitative estimate of drug-likeness (QED) is 0.649. The van der Waals surface area contributed by atoms with E-state index in [1.54, 1.807) is 29.8 Å². The SMILES string of the molecule is CC(=O)NS(=O)(=O)N(C)CCCNC(=O)c1cc2c(Cl)c(Cl)ccc2n1C. The molecule has 11 heteroatoms. The third-order valence-corrected chi connectivity index (χ3v) is 6.33. The summed E-state index contributed by atoms with van der Waals surface area (Å²) in [4.78, 5) is 23.3. The van der Waals surface area contributed by atoms with Gasteiger partial charge in [0, 0.05) is 45.0 Å². The van der Waals surface area contributed by atoms with Crippen molar-refractivity contribution in [3.05, 3.63) is 33.9 Å². The van der Waals surface area contributed by atoms with E-state index in [1.807, 2.05) is 4.72 Å². The first kappa shape index (κ1) is 21.5. The van der Waals surface area contributed by atoms with Crippen LogP contribution in [0.1, 0.15) is 23.8 Å². The summed E-state index contributed by atoms with van der Waals surface area (Å²) in [7, 11) is -0.760. The summed E-state index contributed by atoms with van der Waals surface area (Å²) >= 11 is 12.2. The van der Waals surface area contributed by atoms with E-state index in [4.69, 9.17) is 23.2 Å².